The fourth-order valence-electron chi connectivity index (χ4n) is 3.35. The van der Waals surface area contributed by atoms with E-state index in [4.69, 9.17) is 4.74 Å². The molecule has 0 radical (unpaired) electrons. The van der Waals surface area contributed by atoms with Crippen LogP contribution in [0.1, 0.15) is 39.5 Å². The molecule has 0 fully saturated rings. The topological polar surface area (TPSA) is 51.2 Å². The Hall–Kier alpha value is -3.35. The van der Waals surface area contributed by atoms with E-state index < -0.39 is 11.7 Å². The Balaban J connectivity index is 1.40. The van der Waals surface area contributed by atoms with Crippen molar-refractivity contribution in [2.45, 2.75) is 25.1 Å². The fourth-order valence-corrected chi connectivity index (χ4v) is 3.35. The first-order chi connectivity index (χ1) is 13.9. The van der Waals surface area contributed by atoms with Crippen LogP contribution in [0.2, 0.25) is 0 Å². The van der Waals surface area contributed by atoms with Crippen LogP contribution in [0, 0.1) is 0 Å². The molecule has 4 nitrogen and oxygen atoms in total. The van der Waals surface area contributed by atoms with Crippen LogP contribution in [-0.4, -0.2) is 10.9 Å². The average Bonchev–Trinajstić information content (AvgIpc) is 3.11. The molecule has 148 valence electrons. The molecule has 1 heterocycles. The van der Waals surface area contributed by atoms with Gasteiger partial charge in [0.1, 0.15) is 5.75 Å². The third-order valence-corrected chi connectivity index (χ3v) is 4.84. The lowest BCUT2D eigenvalue weighted by atomic mass is 10.1. The fraction of sp³-hybridized carbons (Fsp3) is 0.182. The second-order valence-corrected chi connectivity index (χ2v) is 6.77. The number of carbonyl (C=O) groups excluding carboxylic acids is 1. The molecule has 3 aromatic rings. The highest BCUT2D eigenvalue weighted by Gasteiger charge is 2.30. The predicted octanol–water partition coefficient (Wildman–Crippen LogP) is 5.31. The van der Waals surface area contributed by atoms with Crippen molar-refractivity contribution >= 4 is 5.91 Å². The van der Waals surface area contributed by atoms with Crippen LogP contribution in [0.5, 0.6) is 11.6 Å². The van der Waals surface area contributed by atoms with Gasteiger partial charge in [-0.1, -0.05) is 24.3 Å². The quantitative estimate of drug-likeness (QED) is 0.648. The lowest BCUT2D eigenvalue weighted by Crippen LogP contribution is -2.27. The third-order valence-electron chi connectivity index (χ3n) is 4.84. The second-order valence-electron chi connectivity index (χ2n) is 6.77. The van der Waals surface area contributed by atoms with Gasteiger partial charge in [0, 0.05) is 17.8 Å². The Labute approximate surface area is 165 Å². The van der Waals surface area contributed by atoms with Crippen LogP contribution in [0.3, 0.4) is 0 Å². The molecule has 29 heavy (non-hydrogen) atoms. The van der Waals surface area contributed by atoms with Crippen LogP contribution >= 0.6 is 0 Å². The van der Waals surface area contributed by atoms with E-state index in [1.54, 1.807) is 24.3 Å². The molecule has 1 aliphatic carbocycles. The van der Waals surface area contributed by atoms with E-state index >= 15 is 0 Å². The number of alkyl halides is 3. The first kappa shape index (κ1) is 19.0. The number of aromatic nitrogens is 1. The molecule has 2 aromatic carbocycles. The minimum atomic E-state index is -4.44. The van der Waals surface area contributed by atoms with Gasteiger partial charge >= 0.3 is 6.18 Å². The number of nitrogens with one attached hydrogen (secondary N) is 1. The lowest BCUT2D eigenvalue weighted by molar-refractivity contribution is -0.137. The van der Waals surface area contributed by atoms with Gasteiger partial charge in [0.15, 0.2) is 0 Å². The molecule has 4 rings (SSSR count). The van der Waals surface area contributed by atoms with Crippen molar-refractivity contribution in [2.24, 2.45) is 0 Å². The highest BCUT2D eigenvalue weighted by Crippen LogP contribution is 2.32. The Kier molecular flexibility index (Phi) is 4.96. The van der Waals surface area contributed by atoms with Crippen LogP contribution in [0.15, 0.2) is 66.9 Å². The summed E-state index contributed by atoms with van der Waals surface area (Å²) in [5.41, 5.74) is 2.03. The highest BCUT2D eigenvalue weighted by atomic mass is 19.4. The van der Waals surface area contributed by atoms with Gasteiger partial charge in [-0.25, -0.2) is 4.98 Å². The molecule has 0 saturated heterocycles. The lowest BCUT2D eigenvalue weighted by Gasteiger charge is -2.14. The van der Waals surface area contributed by atoms with Crippen molar-refractivity contribution in [3.8, 4) is 11.6 Å². The van der Waals surface area contributed by atoms with Gasteiger partial charge in [-0.15, -0.1) is 0 Å². The molecule has 1 aliphatic rings. The van der Waals surface area contributed by atoms with E-state index in [0.29, 0.717) is 11.3 Å². The molecule has 1 unspecified atom stereocenters. The summed E-state index contributed by atoms with van der Waals surface area (Å²) in [7, 11) is 0. The second kappa shape index (κ2) is 7.58. The van der Waals surface area contributed by atoms with Gasteiger partial charge in [-0.3, -0.25) is 4.79 Å². The molecule has 1 amide bonds. The maximum absolute atomic E-state index is 12.6. The number of amides is 1. The maximum Gasteiger partial charge on any atom is 0.417 e. The number of carbonyl (C=O) groups is 1. The van der Waals surface area contributed by atoms with Crippen LogP contribution in [0.4, 0.5) is 13.2 Å². The van der Waals surface area contributed by atoms with Crippen molar-refractivity contribution in [1.82, 2.24) is 10.3 Å². The first-order valence-electron chi connectivity index (χ1n) is 9.10. The Morgan fingerprint density at radius 3 is 2.48 bits per heavy atom. The molecular formula is C22H17F3N2O2. The first-order valence-corrected chi connectivity index (χ1v) is 9.10. The third kappa shape index (κ3) is 4.23. The number of hydrogen-bond donors (Lipinski definition) is 1. The van der Waals surface area contributed by atoms with Gasteiger partial charge in [0.2, 0.25) is 5.88 Å². The Bertz CT molecular complexity index is 1020. The molecule has 1 aromatic heterocycles. The smallest absolute Gasteiger partial charge is 0.417 e. The van der Waals surface area contributed by atoms with Crippen molar-refractivity contribution < 1.29 is 22.7 Å². The predicted molar refractivity (Wildman–Crippen MR) is 101 cm³/mol. The SMILES string of the molecule is O=C(NC1CCc2ccccc21)c1ccc(Oc2ccc(C(F)(F)F)cn2)cc1. The summed E-state index contributed by atoms with van der Waals surface area (Å²) in [6, 6.07) is 16.5. The van der Waals surface area contributed by atoms with Crippen molar-refractivity contribution in [1.29, 1.82) is 0 Å². The van der Waals surface area contributed by atoms with Crippen LogP contribution < -0.4 is 10.1 Å². The zero-order valence-corrected chi connectivity index (χ0v) is 15.2. The molecular weight excluding hydrogens is 381 g/mol. The number of ether oxygens (including phenoxy) is 1. The zero-order chi connectivity index (χ0) is 20.4. The standard InChI is InChI=1S/C22H17F3N2O2/c23-22(24,25)16-8-12-20(26-13-16)29-17-9-5-15(6-10-17)21(28)27-19-11-7-14-3-1-2-4-18(14)19/h1-6,8-10,12-13,19H,7,11H2,(H,27,28). The summed E-state index contributed by atoms with van der Waals surface area (Å²) in [4.78, 5) is 16.2. The van der Waals surface area contributed by atoms with Crippen molar-refractivity contribution in [3.63, 3.8) is 0 Å². The number of rotatable bonds is 4. The van der Waals surface area contributed by atoms with E-state index in [1.807, 2.05) is 18.2 Å². The minimum Gasteiger partial charge on any atom is -0.439 e. The van der Waals surface area contributed by atoms with Gasteiger partial charge in [-0.2, -0.15) is 13.2 Å². The number of nitrogens with zero attached hydrogens (tertiary/aromatic N) is 1. The average molecular weight is 398 g/mol. The van der Waals surface area contributed by atoms with E-state index in [-0.39, 0.29) is 17.8 Å². The van der Waals surface area contributed by atoms with Gasteiger partial charge in [0.25, 0.3) is 5.91 Å². The molecule has 0 spiro atoms. The normalized spacial score (nSPS) is 15.6. The summed E-state index contributed by atoms with van der Waals surface area (Å²) in [6.07, 6.45) is -1.92. The van der Waals surface area contributed by atoms with Crippen molar-refractivity contribution in [2.75, 3.05) is 0 Å². The summed E-state index contributed by atoms with van der Waals surface area (Å²) < 4.78 is 43.2. The molecule has 0 saturated carbocycles. The Morgan fingerprint density at radius 1 is 1.03 bits per heavy atom. The largest absolute Gasteiger partial charge is 0.439 e. The van der Waals surface area contributed by atoms with E-state index in [9.17, 15) is 18.0 Å². The monoisotopic (exact) mass is 398 g/mol. The number of hydrogen-bond acceptors (Lipinski definition) is 3. The number of aryl methyl sites for hydroxylation is 1. The number of fused-ring (bicyclic) bond motifs is 1. The van der Waals surface area contributed by atoms with Crippen LogP contribution in [-0.2, 0) is 12.6 Å². The number of benzene rings is 2. The van der Waals surface area contributed by atoms with E-state index in [0.717, 1.165) is 36.7 Å². The van der Waals surface area contributed by atoms with E-state index in [2.05, 4.69) is 16.4 Å². The summed E-state index contributed by atoms with van der Waals surface area (Å²) in [6.45, 7) is 0. The summed E-state index contributed by atoms with van der Waals surface area (Å²) >= 11 is 0. The van der Waals surface area contributed by atoms with E-state index in [1.165, 1.54) is 5.56 Å². The number of halogens is 3. The Morgan fingerprint density at radius 2 is 1.79 bits per heavy atom. The minimum absolute atomic E-state index is 0.00836. The van der Waals surface area contributed by atoms with Gasteiger partial charge < -0.3 is 10.1 Å². The molecule has 0 aliphatic heterocycles. The maximum atomic E-state index is 12.6. The summed E-state index contributed by atoms with van der Waals surface area (Å²) in [5, 5.41) is 3.04. The molecule has 1 N–H and O–H groups in total. The molecule has 0 bridgehead atoms. The van der Waals surface area contributed by atoms with Gasteiger partial charge in [0.05, 0.1) is 11.6 Å². The highest BCUT2D eigenvalue weighted by molar-refractivity contribution is 5.94. The summed E-state index contributed by atoms with van der Waals surface area (Å²) in [5.74, 6) is 0.226. The zero-order valence-electron chi connectivity index (χ0n) is 15.2. The molecule has 7 heteroatoms. The van der Waals surface area contributed by atoms with Gasteiger partial charge in [-0.05, 0) is 54.3 Å². The molecule has 1 atom stereocenters. The van der Waals surface area contributed by atoms with Crippen LogP contribution in [0.25, 0.3) is 0 Å². The number of pyridine rings is 1. The van der Waals surface area contributed by atoms with Crippen molar-refractivity contribution in [3.05, 3.63) is 89.1 Å².